The van der Waals surface area contributed by atoms with Gasteiger partial charge in [0.25, 0.3) is 0 Å². The van der Waals surface area contributed by atoms with Crippen molar-refractivity contribution < 1.29 is 9.53 Å². The summed E-state index contributed by atoms with van der Waals surface area (Å²) in [5, 5.41) is 7.92. The highest BCUT2D eigenvalue weighted by Crippen LogP contribution is 2.37. The lowest BCUT2D eigenvalue weighted by atomic mass is 9.98. The largest absolute Gasteiger partial charge is 0.497 e. The van der Waals surface area contributed by atoms with Crippen LogP contribution in [0.25, 0.3) is 10.9 Å². The average Bonchev–Trinajstić information content (AvgIpc) is 3.13. The second-order valence-electron chi connectivity index (χ2n) is 6.56. The number of pyridine rings is 1. The zero-order valence-electron chi connectivity index (χ0n) is 15.3. The molecular formula is C21H17Cl2N3O2. The number of fused-ring (bicyclic) bond motifs is 1. The molecule has 0 fully saturated rings. The van der Waals surface area contributed by atoms with Crippen LogP contribution in [-0.2, 0) is 4.79 Å². The van der Waals surface area contributed by atoms with Crippen LogP contribution in [0.2, 0.25) is 10.2 Å². The van der Waals surface area contributed by atoms with E-state index in [0.717, 1.165) is 33.5 Å². The summed E-state index contributed by atoms with van der Waals surface area (Å²) in [7, 11) is 1.62. The Kier molecular flexibility index (Phi) is 4.96. The second kappa shape index (κ2) is 7.41. The van der Waals surface area contributed by atoms with Gasteiger partial charge in [-0.25, -0.2) is 9.99 Å². The third-order valence-corrected chi connectivity index (χ3v) is 5.33. The summed E-state index contributed by atoms with van der Waals surface area (Å²) in [6.45, 7) is 1.49. The number of carbonyl (C=O) groups excluding carboxylic acids is 1. The van der Waals surface area contributed by atoms with Gasteiger partial charge in [-0.3, -0.25) is 4.79 Å². The van der Waals surface area contributed by atoms with Crippen LogP contribution in [0.1, 0.15) is 30.5 Å². The summed E-state index contributed by atoms with van der Waals surface area (Å²) in [6.07, 6.45) is 0.540. The van der Waals surface area contributed by atoms with E-state index in [-0.39, 0.29) is 11.9 Å². The van der Waals surface area contributed by atoms with Gasteiger partial charge in [0.05, 0.1) is 24.4 Å². The summed E-state index contributed by atoms with van der Waals surface area (Å²) in [5.74, 6) is 0.575. The first kappa shape index (κ1) is 18.7. The monoisotopic (exact) mass is 413 g/mol. The second-order valence-corrected chi connectivity index (χ2v) is 7.36. The Morgan fingerprint density at radius 1 is 1.14 bits per heavy atom. The molecule has 7 heteroatoms. The van der Waals surface area contributed by atoms with E-state index in [4.69, 9.17) is 27.9 Å². The molecule has 1 atom stereocenters. The maximum absolute atomic E-state index is 12.3. The molecule has 1 amide bonds. The number of hydrazone groups is 1. The number of ether oxygens (including phenoxy) is 1. The Morgan fingerprint density at radius 3 is 2.57 bits per heavy atom. The lowest BCUT2D eigenvalue weighted by Crippen LogP contribution is -2.24. The molecule has 2 heterocycles. The number of benzene rings is 2. The number of hydrogen-bond acceptors (Lipinski definition) is 4. The minimum Gasteiger partial charge on any atom is -0.497 e. The van der Waals surface area contributed by atoms with Crippen molar-refractivity contribution in [3.63, 3.8) is 0 Å². The molecule has 1 aromatic heterocycles. The van der Waals surface area contributed by atoms with Crippen molar-refractivity contribution >= 4 is 45.7 Å². The lowest BCUT2D eigenvalue weighted by molar-refractivity contribution is -0.130. The van der Waals surface area contributed by atoms with Crippen molar-refractivity contribution in [1.29, 1.82) is 0 Å². The summed E-state index contributed by atoms with van der Waals surface area (Å²) in [5.41, 5.74) is 3.24. The number of amides is 1. The van der Waals surface area contributed by atoms with Crippen molar-refractivity contribution in [3.05, 3.63) is 69.8 Å². The minimum atomic E-state index is -0.321. The van der Waals surface area contributed by atoms with Gasteiger partial charge in [-0.15, -0.1) is 0 Å². The molecule has 142 valence electrons. The number of methoxy groups -OCH3 is 1. The molecule has 0 unspecified atom stereocenters. The zero-order valence-corrected chi connectivity index (χ0v) is 16.8. The number of hydrogen-bond donors (Lipinski definition) is 0. The maximum atomic E-state index is 12.3. The number of carbonyl (C=O) groups is 1. The molecule has 28 heavy (non-hydrogen) atoms. The van der Waals surface area contributed by atoms with Gasteiger partial charge in [0.1, 0.15) is 10.9 Å². The van der Waals surface area contributed by atoms with E-state index in [1.807, 2.05) is 48.5 Å². The van der Waals surface area contributed by atoms with Crippen molar-refractivity contribution in [2.45, 2.75) is 19.4 Å². The van der Waals surface area contributed by atoms with Crippen molar-refractivity contribution in [2.75, 3.05) is 7.11 Å². The zero-order chi connectivity index (χ0) is 19.8. The van der Waals surface area contributed by atoms with E-state index >= 15 is 0 Å². The van der Waals surface area contributed by atoms with Crippen LogP contribution in [0.15, 0.2) is 53.6 Å². The molecule has 1 aliphatic heterocycles. The first-order valence-corrected chi connectivity index (χ1v) is 9.49. The molecule has 4 rings (SSSR count). The van der Waals surface area contributed by atoms with Crippen LogP contribution >= 0.6 is 23.2 Å². The standard InChI is InChI=1S/C21H17Cl2N3O2/c1-12(27)26-20(11-19(25-26)13-3-5-15(22)6-4-13)17-10-14-9-16(28-2)7-8-18(14)24-21(17)23/h3-10,20H,11H2,1-2H3/t20-/m0/s1. The molecular weight excluding hydrogens is 397 g/mol. The predicted octanol–water partition coefficient (Wildman–Crippen LogP) is 5.25. The van der Waals surface area contributed by atoms with Gasteiger partial charge in [-0.05, 0) is 42.0 Å². The number of rotatable bonds is 3. The summed E-state index contributed by atoms with van der Waals surface area (Å²) >= 11 is 12.5. The van der Waals surface area contributed by atoms with Gasteiger partial charge in [0.2, 0.25) is 5.91 Å². The van der Waals surface area contributed by atoms with E-state index in [1.165, 1.54) is 11.9 Å². The van der Waals surface area contributed by atoms with Crippen LogP contribution in [0.4, 0.5) is 0 Å². The van der Waals surface area contributed by atoms with Crippen molar-refractivity contribution in [3.8, 4) is 5.75 Å². The third-order valence-electron chi connectivity index (χ3n) is 4.77. The first-order chi connectivity index (χ1) is 13.5. The summed E-state index contributed by atoms with van der Waals surface area (Å²) < 4.78 is 5.30. The van der Waals surface area contributed by atoms with E-state index in [0.29, 0.717) is 16.6 Å². The highest BCUT2D eigenvalue weighted by atomic mass is 35.5. The van der Waals surface area contributed by atoms with Crippen molar-refractivity contribution in [1.82, 2.24) is 9.99 Å². The van der Waals surface area contributed by atoms with E-state index in [9.17, 15) is 4.79 Å². The molecule has 0 radical (unpaired) electrons. The van der Waals surface area contributed by atoms with Crippen LogP contribution < -0.4 is 4.74 Å². The SMILES string of the molecule is COc1ccc2nc(Cl)c([C@@H]3CC(c4ccc(Cl)cc4)=NN3C(C)=O)cc2c1. The molecule has 0 aliphatic carbocycles. The molecule has 2 aromatic carbocycles. The number of aromatic nitrogens is 1. The maximum Gasteiger partial charge on any atom is 0.240 e. The fourth-order valence-corrected chi connectivity index (χ4v) is 3.77. The molecule has 5 nitrogen and oxygen atoms in total. The number of halogens is 2. The molecule has 1 aliphatic rings. The molecule has 0 bridgehead atoms. The fourth-order valence-electron chi connectivity index (χ4n) is 3.37. The first-order valence-electron chi connectivity index (χ1n) is 8.73. The average molecular weight is 414 g/mol. The number of nitrogens with zero attached hydrogens (tertiary/aromatic N) is 3. The Morgan fingerprint density at radius 2 is 1.89 bits per heavy atom. The quantitative estimate of drug-likeness (QED) is 0.551. The van der Waals surface area contributed by atoms with Gasteiger partial charge in [-0.2, -0.15) is 5.10 Å². The highest BCUT2D eigenvalue weighted by Gasteiger charge is 2.33. The molecule has 3 aromatic rings. The van der Waals surface area contributed by atoms with E-state index < -0.39 is 0 Å². The fraction of sp³-hybridized carbons (Fsp3) is 0.190. The Labute approximate surface area is 172 Å². The smallest absolute Gasteiger partial charge is 0.240 e. The van der Waals surface area contributed by atoms with Gasteiger partial charge in [0, 0.05) is 29.3 Å². The normalized spacial score (nSPS) is 16.4. The van der Waals surface area contributed by atoms with Crippen LogP contribution in [-0.4, -0.2) is 28.7 Å². The van der Waals surface area contributed by atoms with E-state index in [1.54, 1.807) is 7.11 Å². The Bertz CT molecular complexity index is 1100. The topological polar surface area (TPSA) is 54.8 Å². The summed E-state index contributed by atoms with van der Waals surface area (Å²) in [6, 6.07) is 14.6. The van der Waals surface area contributed by atoms with Crippen LogP contribution in [0.5, 0.6) is 5.75 Å². The third kappa shape index (κ3) is 3.43. The molecule has 0 spiro atoms. The molecule has 0 N–H and O–H groups in total. The molecule has 0 saturated carbocycles. The Balaban J connectivity index is 1.76. The van der Waals surface area contributed by atoms with Crippen molar-refractivity contribution in [2.24, 2.45) is 5.10 Å². The van der Waals surface area contributed by atoms with Gasteiger partial charge < -0.3 is 4.74 Å². The molecule has 0 saturated heterocycles. The van der Waals surface area contributed by atoms with Crippen LogP contribution in [0, 0.1) is 0 Å². The lowest BCUT2D eigenvalue weighted by Gasteiger charge is -2.21. The predicted molar refractivity (Wildman–Crippen MR) is 111 cm³/mol. The van der Waals surface area contributed by atoms with Crippen LogP contribution in [0.3, 0.4) is 0 Å². The van der Waals surface area contributed by atoms with Gasteiger partial charge in [-0.1, -0.05) is 35.3 Å². The summed E-state index contributed by atoms with van der Waals surface area (Å²) in [4.78, 5) is 16.8. The van der Waals surface area contributed by atoms with Gasteiger partial charge >= 0.3 is 0 Å². The van der Waals surface area contributed by atoms with Gasteiger partial charge in [0.15, 0.2) is 0 Å². The minimum absolute atomic E-state index is 0.157. The Hall–Kier alpha value is -2.63. The van der Waals surface area contributed by atoms with E-state index in [2.05, 4.69) is 10.1 Å². The highest BCUT2D eigenvalue weighted by molar-refractivity contribution is 6.31.